The van der Waals surface area contributed by atoms with Crippen molar-refractivity contribution in [3.63, 3.8) is 0 Å². The minimum atomic E-state index is -0.771. The highest BCUT2D eigenvalue weighted by atomic mass is 16.4. The second kappa shape index (κ2) is 5.02. The Morgan fingerprint density at radius 3 is 2.21 bits per heavy atom. The summed E-state index contributed by atoms with van der Waals surface area (Å²) in [6.45, 7) is 2.00. The first kappa shape index (κ1) is 12.8. The van der Waals surface area contributed by atoms with Gasteiger partial charge in [0.05, 0.1) is 6.42 Å². The van der Waals surface area contributed by atoms with Gasteiger partial charge in [0.1, 0.15) is 0 Å². The lowest BCUT2D eigenvalue weighted by molar-refractivity contribution is -0.139. The number of amides is 2. The molecule has 0 aromatic rings. The van der Waals surface area contributed by atoms with Gasteiger partial charge in [0.25, 0.3) is 0 Å². The van der Waals surface area contributed by atoms with Crippen LogP contribution in [0.5, 0.6) is 0 Å². The van der Waals surface area contributed by atoms with Crippen LogP contribution in [0.25, 0.3) is 0 Å². The zero-order valence-electron chi connectivity index (χ0n) is 11.2. The molecule has 5 heteroatoms. The van der Waals surface area contributed by atoms with Gasteiger partial charge < -0.3 is 15.3 Å². The first-order valence-electron chi connectivity index (χ1n) is 7.38. The molecule has 5 nitrogen and oxygen atoms in total. The van der Waals surface area contributed by atoms with E-state index in [1.165, 1.54) is 25.7 Å². The van der Waals surface area contributed by atoms with E-state index < -0.39 is 5.97 Å². The van der Waals surface area contributed by atoms with Crippen LogP contribution >= 0.6 is 0 Å². The summed E-state index contributed by atoms with van der Waals surface area (Å²) in [5.74, 6) is 1.77. The van der Waals surface area contributed by atoms with Crippen LogP contribution in [-0.2, 0) is 4.79 Å². The molecule has 3 fully saturated rings. The van der Waals surface area contributed by atoms with Crippen molar-refractivity contribution in [3.05, 3.63) is 0 Å². The number of carbonyl (C=O) groups is 2. The Hall–Kier alpha value is -1.26. The highest BCUT2D eigenvalue weighted by Gasteiger charge is 2.41. The van der Waals surface area contributed by atoms with Crippen molar-refractivity contribution in [1.82, 2.24) is 10.2 Å². The monoisotopic (exact) mass is 266 g/mol. The van der Waals surface area contributed by atoms with Crippen LogP contribution in [0.1, 0.15) is 32.1 Å². The molecule has 0 atom stereocenters. The number of carbonyl (C=O) groups excluding carboxylic acids is 1. The van der Waals surface area contributed by atoms with E-state index in [9.17, 15) is 9.59 Å². The standard InChI is InChI=1S/C14H22N2O3/c17-13(18)5-9-7-16(8-9)14(19)15-6-12(10-1-2-10)11-3-4-11/h9-12H,1-8H2,(H,15,19)(H,17,18). The third-order valence-corrected chi connectivity index (χ3v) is 4.65. The fraction of sp³-hybridized carbons (Fsp3) is 0.857. The Morgan fingerprint density at radius 2 is 1.74 bits per heavy atom. The molecule has 1 aliphatic heterocycles. The summed E-state index contributed by atoms with van der Waals surface area (Å²) < 4.78 is 0. The summed E-state index contributed by atoms with van der Waals surface area (Å²) in [7, 11) is 0. The Morgan fingerprint density at radius 1 is 1.16 bits per heavy atom. The number of urea groups is 1. The van der Waals surface area contributed by atoms with Crippen LogP contribution in [0.2, 0.25) is 0 Å². The van der Waals surface area contributed by atoms with Crippen LogP contribution in [0, 0.1) is 23.7 Å². The van der Waals surface area contributed by atoms with Gasteiger partial charge in [0, 0.05) is 25.6 Å². The molecule has 0 aromatic carbocycles. The van der Waals surface area contributed by atoms with Crippen LogP contribution in [0.3, 0.4) is 0 Å². The van der Waals surface area contributed by atoms with E-state index in [0.29, 0.717) is 19.0 Å². The quantitative estimate of drug-likeness (QED) is 0.766. The molecule has 2 amide bonds. The minimum absolute atomic E-state index is 0.00654. The second-order valence-electron chi connectivity index (χ2n) is 6.39. The van der Waals surface area contributed by atoms with Gasteiger partial charge in [0.2, 0.25) is 0 Å². The third kappa shape index (κ3) is 3.19. The number of rotatable bonds is 6. The Labute approximate surface area is 113 Å². The third-order valence-electron chi connectivity index (χ3n) is 4.65. The zero-order valence-corrected chi connectivity index (χ0v) is 11.2. The van der Waals surface area contributed by atoms with Crippen molar-refractivity contribution in [3.8, 4) is 0 Å². The number of likely N-dealkylation sites (tertiary alicyclic amines) is 1. The highest BCUT2D eigenvalue weighted by Crippen LogP contribution is 2.48. The number of hydrogen-bond donors (Lipinski definition) is 2. The molecular formula is C14H22N2O3. The molecule has 0 unspecified atom stereocenters. The molecular weight excluding hydrogens is 244 g/mol. The van der Waals surface area contributed by atoms with Gasteiger partial charge in [-0.3, -0.25) is 4.79 Å². The highest BCUT2D eigenvalue weighted by molar-refractivity contribution is 5.75. The van der Waals surface area contributed by atoms with Crippen molar-refractivity contribution >= 4 is 12.0 Å². The lowest BCUT2D eigenvalue weighted by atomic mass is 9.96. The van der Waals surface area contributed by atoms with E-state index in [1.54, 1.807) is 4.90 Å². The van der Waals surface area contributed by atoms with Crippen LogP contribution in [-0.4, -0.2) is 41.6 Å². The first-order chi connectivity index (χ1) is 9.13. The Bertz CT molecular complexity index is 359. The average Bonchev–Trinajstić information content (AvgIpc) is 3.13. The smallest absolute Gasteiger partial charge is 0.317 e. The molecule has 0 bridgehead atoms. The van der Waals surface area contributed by atoms with Crippen LogP contribution in [0.15, 0.2) is 0 Å². The van der Waals surface area contributed by atoms with Crippen LogP contribution in [0.4, 0.5) is 4.79 Å². The summed E-state index contributed by atoms with van der Waals surface area (Å²) in [5, 5.41) is 11.7. The number of aliphatic carboxylic acids is 1. The predicted octanol–water partition coefficient (Wildman–Crippen LogP) is 1.54. The number of carboxylic acids is 1. The number of hydrogen-bond acceptors (Lipinski definition) is 2. The number of nitrogens with zero attached hydrogens (tertiary/aromatic N) is 1. The molecule has 2 aliphatic carbocycles. The molecule has 1 saturated heterocycles. The summed E-state index contributed by atoms with van der Waals surface area (Å²) in [6.07, 6.45) is 5.52. The molecule has 19 heavy (non-hydrogen) atoms. The number of nitrogens with one attached hydrogen (secondary N) is 1. The Kier molecular flexibility index (Phi) is 3.37. The fourth-order valence-electron chi connectivity index (χ4n) is 3.20. The second-order valence-corrected chi connectivity index (χ2v) is 6.39. The minimum Gasteiger partial charge on any atom is -0.481 e. The maximum Gasteiger partial charge on any atom is 0.317 e. The van der Waals surface area contributed by atoms with Crippen molar-refractivity contribution in [1.29, 1.82) is 0 Å². The summed E-state index contributed by atoms with van der Waals surface area (Å²) in [5.41, 5.74) is 0. The van der Waals surface area contributed by atoms with E-state index >= 15 is 0 Å². The molecule has 2 saturated carbocycles. The summed E-state index contributed by atoms with van der Waals surface area (Å²) in [4.78, 5) is 24.2. The topological polar surface area (TPSA) is 69.6 Å². The van der Waals surface area contributed by atoms with Crippen molar-refractivity contribution < 1.29 is 14.7 Å². The molecule has 0 spiro atoms. The van der Waals surface area contributed by atoms with Crippen molar-refractivity contribution in [2.24, 2.45) is 23.7 Å². The van der Waals surface area contributed by atoms with Gasteiger partial charge in [-0.2, -0.15) is 0 Å². The van der Waals surface area contributed by atoms with Gasteiger partial charge >= 0.3 is 12.0 Å². The molecule has 1 heterocycles. The summed E-state index contributed by atoms with van der Waals surface area (Å²) in [6, 6.07) is -0.00654. The van der Waals surface area contributed by atoms with E-state index in [-0.39, 0.29) is 18.4 Å². The average molecular weight is 266 g/mol. The SMILES string of the molecule is O=C(O)CC1CN(C(=O)NCC(C2CC2)C2CC2)C1. The molecule has 106 valence electrons. The van der Waals surface area contributed by atoms with Gasteiger partial charge in [0.15, 0.2) is 0 Å². The van der Waals surface area contributed by atoms with E-state index in [4.69, 9.17) is 5.11 Å². The maximum atomic E-state index is 11.9. The van der Waals surface area contributed by atoms with Gasteiger partial charge in [-0.25, -0.2) is 4.79 Å². The Balaban J connectivity index is 1.36. The normalized spacial score (nSPS) is 23.3. The molecule has 0 radical (unpaired) electrons. The van der Waals surface area contributed by atoms with Gasteiger partial charge in [-0.1, -0.05) is 0 Å². The van der Waals surface area contributed by atoms with E-state index in [1.807, 2.05) is 0 Å². The molecule has 0 aromatic heterocycles. The van der Waals surface area contributed by atoms with E-state index in [2.05, 4.69) is 5.32 Å². The largest absolute Gasteiger partial charge is 0.481 e. The maximum absolute atomic E-state index is 11.9. The first-order valence-corrected chi connectivity index (χ1v) is 7.38. The number of carboxylic acid groups (broad SMARTS) is 1. The lowest BCUT2D eigenvalue weighted by Crippen LogP contribution is -2.54. The van der Waals surface area contributed by atoms with Gasteiger partial charge in [-0.15, -0.1) is 0 Å². The molecule has 3 aliphatic rings. The zero-order chi connectivity index (χ0) is 13.4. The lowest BCUT2D eigenvalue weighted by Gasteiger charge is -2.38. The van der Waals surface area contributed by atoms with Gasteiger partial charge in [-0.05, 0) is 43.4 Å². The summed E-state index contributed by atoms with van der Waals surface area (Å²) >= 11 is 0. The van der Waals surface area contributed by atoms with E-state index in [0.717, 1.165) is 18.4 Å². The fourth-order valence-corrected chi connectivity index (χ4v) is 3.20. The van der Waals surface area contributed by atoms with Crippen molar-refractivity contribution in [2.75, 3.05) is 19.6 Å². The molecule has 2 N–H and O–H groups in total. The van der Waals surface area contributed by atoms with Crippen molar-refractivity contribution in [2.45, 2.75) is 32.1 Å². The molecule has 3 rings (SSSR count). The predicted molar refractivity (Wildman–Crippen MR) is 69.7 cm³/mol. The van der Waals surface area contributed by atoms with Crippen LogP contribution < -0.4 is 5.32 Å².